The summed E-state index contributed by atoms with van der Waals surface area (Å²) in [5, 5.41) is 2.36. The molecular formula is C10H23NO4P+. The quantitative estimate of drug-likeness (QED) is 0.488. The van der Waals surface area contributed by atoms with E-state index in [1.807, 2.05) is 13.8 Å². The number of unbranched alkanes of at least 4 members (excludes halogenated alkanes) is 2. The van der Waals surface area contributed by atoms with Crippen molar-refractivity contribution in [2.75, 3.05) is 13.2 Å². The van der Waals surface area contributed by atoms with E-state index in [9.17, 15) is 9.69 Å². The smallest absolute Gasteiger partial charge is 0.272 e. The summed E-state index contributed by atoms with van der Waals surface area (Å²) >= 11 is 0. The first kappa shape index (κ1) is 15.8. The highest BCUT2D eigenvalue weighted by atomic mass is 31.2. The van der Waals surface area contributed by atoms with Crippen LogP contribution >= 0.6 is 8.09 Å². The maximum absolute atomic E-state index is 10.9. The molecule has 0 radical (unpaired) electrons. The van der Waals surface area contributed by atoms with Gasteiger partial charge in [-0.25, -0.2) is 0 Å². The number of carbonyl (C=O) groups is 1. The summed E-state index contributed by atoms with van der Waals surface area (Å²) in [4.78, 5) is 20.9. The van der Waals surface area contributed by atoms with E-state index in [1.54, 1.807) is 0 Å². The van der Waals surface area contributed by atoms with E-state index < -0.39 is 8.09 Å². The van der Waals surface area contributed by atoms with Gasteiger partial charge in [0.15, 0.2) is 0 Å². The van der Waals surface area contributed by atoms with Crippen molar-refractivity contribution in [2.24, 2.45) is 0 Å². The van der Waals surface area contributed by atoms with Crippen LogP contribution in [0, 0.1) is 0 Å². The zero-order valence-electron chi connectivity index (χ0n) is 10.4. The van der Waals surface area contributed by atoms with Crippen molar-refractivity contribution >= 4 is 14.0 Å². The van der Waals surface area contributed by atoms with Gasteiger partial charge in [-0.3, -0.25) is 4.79 Å². The van der Waals surface area contributed by atoms with Gasteiger partial charge < -0.3 is 0 Å². The van der Waals surface area contributed by atoms with Crippen LogP contribution in [0.1, 0.15) is 46.5 Å². The lowest BCUT2D eigenvalue weighted by atomic mass is 10.4. The van der Waals surface area contributed by atoms with Gasteiger partial charge in [-0.1, -0.05) is 26.7 Å². The molecule has 0 aromatic rings. The van der Waals surface area contributed by atoms with Crippen LogP contribution in [0.2, 0.25) is 0 Å². The molecule has 6 heteroatoms. The highest BCUT2D eigenvalue weighted by molar-refractivity contribution is 7.59. The number of hydrogen-bond donors (Lipinski definition) is 2. The summed E-state index contributed by atoms with van der Waals surface area (Å²) in [6, 6.07) is 0. The predicted molar refractivity (Wildman–Crippen MR) is 64.7 cm³/mol. The second-order valence-corrected chi connectivity index (χ2v) is 5.34. The van der Waals surface area contributed by atoms with Crippen molar-refractivity contribution in [1.82, 2.24) is 5.09 Å². The largest absolute Gasteiger partial charge is 0.528 e. The molecule has 0 aliphatic carbocycles. The van der Waals surface area contributed by atoms with Crippen LogP contribution in [-0.2, 0) is 13.8 Å². The van der Waals surface area contributed by atoms with Crippen molar-refractivity contribution in [3.63, 3.8) is 0 Å². The Morgan fingerprint density at radius 3 is 1.94 bits per heavy atom. The Balaban J connectivity index is 4.07. The van der Waals surface area contributed by atoms with Crippen LogP contribution in [0.3, 0.4) is 0 Å². The molecule has 0 unspecified atom stereocenters. The second-order valence-electron chi connectivity index (χ2n) is 3.56. The Morgan fingerprint density at radius 2 is 1.62 bits per heavy atom. The SMILES string of the molecule is CCCCO[P+](O)(NC(C)=O)OCCCC. The van der Waals surface area contributed by atoms with Gasteiger partial charge in [-0.05, 0) is 12.8 Å². The Labute approximate surface area is 98.2 Å². The molecule has 0 aliphatic heterocycles. The van der Waals surface area contributed by atoms with E-state index >= 15 is 0 Å². The topological polar surface area (TPSA) is 67.8 Å². The van der Waals surface area contributed by atoms with Gasteiger partial charge in [0.2, 0.25) is 0 Å². The average Bonchev–Trinajstić information content (AvgIpc) is 2.17. The Morgan fingerprint density at radius 1 is 1.19 bits per heavy atom. The molecule has 0 aromatic heterocycles. The molecule has 0 saturated carbocycles. The van der Waals surface area contributed by atoms with Gasteiger partial charge in [0.1, 0.15) is 0 Å². The molecule has 0 aromatic carbocycles. The zero-order valence-corrected chi connectivity index (χ0v) is 11.3. The van der Waals surface area contributed by atoms with E-state index in [1.165, 1.54) is 6.92 Å². The highest BCUT2D eigenvalue weighted by Gasteiger charge is 2.42. The molecule has 2 N–H and O–H groups in total. The fourth-order valence-electron chi connectivity index (χ4n) is 0.966. The van der Waals surface area contributed by atoms with Crippen LogP contribution in [0.5, 0.6) is 0 Å². The number of amides is 1. The van der Waals surface area contributed by atoms with Crippen LogP contribution < -0.4 is 5.09 Å². The van der Waals surface area contributed by atoms with Gasteiger partial charge in [0, 0.05) is 6.92 Å². The number of carbonyl (C=O) groups excluding carboxylic acids is 1. The van der Waals surface area contributed by atoms with Crippen molar-refractivity contribution in [3.8, 4) is 0 Å². The monoisotopic (exact) mass is 252 g/mol. The van der Waals surface area contributed by atoms with Crippen molar-refractivity contribution in [3.05, 3.63) is 0 Å². The van der Waals surface area contributed by atoms with E-state index in [2.05, 4.69) is 5.09 Å². The molecule has 0 heterocycles. The first-order valence-corrected chi connectivity index (χ1v) is 7.31. The predicted octanol–water partition coefficient (Wildman–Crippen LogP) is 2.43. The highest BCUT2D eigenvalue weighted by Crippen LogP contribution is 2.52. The first-order chi connectivity index (χ1) is 7.54. The lowest BCUT2D eigenvalue weighted by molar-refractivity contribution is -0.117. The standard InChI is InChI=1S/C10H22NO4P/c1-4-6-8-14-16(13,11-10(3)12)15-9-7-5-2/h13H,4-9H2,1-3H3/p+1. The maximum atomic E-state index is 10.9. The zero-order chi connectivity index (χ0) is 12.4. The van der Waals surface area contributed by atoms with Crippen LogP contribution in [0.4, 0.5) is 0 Å². The minimum atomic E-state index is -3.18. The lowest BCUT2D eigenvalue weighted by Gasteiger charge is -2.15. The molecule has 5 nitrogen and oxygen atoms in total. The van der Waals surface area contributed by atoms with E-state index in [0.29, 0.717) is 13.2 Å². The van der Waals surface area contributed by atoms with Gasteiger partial charge in [-0.2, -0.15) is 19.0 Å². The summed E-state index contributed by atoms with van der Waals surface area (Å²) < 4.78 is 10.5. The van der Waals surface area contributed by atoms with Crippen molar-refractivity contribution in [1.29, 1.82) is 0 Å². The Bertz CT molecular complexity index is 191. The lowest BCUT2D eigenvalue weighted by Crippen LogP contribution is -2.25. The summed E-state index contributed by atoms with van der Waals surface area (Å²) in [6.45, 7) is 6.17. The molecular weight excluding hydrogens is 229 g/mol. The van der Waals surface area contributed by atoms with Gasteiger partial charge in [-0.15, -0.1) is 0 Å². The maximum Gasteiger partial charge on any atom is 0.528 e. The summed E-state index contributed by atoms with van der Waals surface area (Å²) in [6.07, 6.45) is 3.60. The molecule has 1 amide bonds. The van der Waals surface area contributed by atoms with E-state index in [4.69, 9.17) is 9.05 Å². The van der Waals surface area contributed by atoms with Crippen molar-refractivity contribution in [2.45, 2.75) is 46.5 Å². The molecule has 0 bridgehead atoms. The number of nitrogens with one attached hydrogen (secondary N) is 1. The third-order valence-corrected chi connectivity index (χ3v) is 3.49. The third kappa shape index (κ3) is 7.99. The van der Waals surface area contributed by atoms with Crippen LogP contribution in [0.15, 0.2) is 0 Å². The molecule has 0 saturated heterocycles. The van der Waals surface area contributed by atoms with Gasteiger partial charge in [0.25, 0.3) is 5.91 Å². The molecule has 0 atom stereocenters. The Kier molecular flexibility index (Phi) is 8.76. The molecule has 0 spiro atoms. The van der Waals surface area contributed by atoms with Gasteiger partial charge in [0.05, 0.1) is 13.2 Å². The van der Waals surface area contributed by atoms with Gasteiger partial charge >= 0.3 is 8.09 Å². The molecule has 0 fully saturated rings. The first-order valence-electron chi connectivity index (χ1n) is 5.73. The summed E-state index contributed by atoms with van der Waals surface area (Å²) in [5.74, 6) is -0.344. The van der Waals surface area contributed by atoms with Crippen LogP contribution in [0.25, 0.3) is 0 Å². The van der Waals surface area contributed by atoms with Crippen LogP contribution in [-0.4, -0.2) is 24.0 Å². The Hall–Kier alpha value is -0.220. The minimum absolute atomic E-state index is 0.344. The van der Waals surface area contributed by atoms with E-state index in [0.717, 1.165) is 25.7 Å². The van der Waals surface area contributed by atoms with Crippen molar-refractivity contribution < 1.29 is 18.7 Å². The fraction of sp³-hybridized carbons (Fsp3) is 0.900. The third-order valence-electron chi connectivity index (χ3n) is 1.83. The molecule has 96 valence electrons. The minimum Gasteiger partial charge on any atom is -0.272 e. The average molecular weight is 252 g/mol. The second kappa shape index (κ2) is 8.88. The fourth-order valence-corrected chi connectivity index (χ4v) is 2.32. The number of rotatable bonds is 9. The van der Waals surface area contributed by atoms with E-state index in [-0.39, 0.29) is 5.91 Å². The molecule has 0 aliphatic rings. The summed E-state index contributed by atoms with van der Waals surface area (Å²) in [7, 11) is -3.18. The summed E-state index contributed by atoms with van der Waals surface area (Å²) in [5.41, 5.74) is 0. The molecule has 16 heavy (non-hydrogen) atoms. The molecule has 0 rings (SSSR count). The number of hydrogen-bond acceptors (Lipinski definition) is 4. The normalized spacial score (nSPS) is 11.5.